The number of benzene rings is 1. The number of hydrogen-bond donors (Lipinski definition) is 3. The SMILES string of the molecule is Cc1ccc(C(=O)O)c([C@H]2COCCN2)c1O. The first-order valence-corrected chi connectivity index (χ1v) is 5.48. The lowest BCUT2D eigenvalue weighted by Crippen LogP contribution is -2.35. The minimum absolute atomic E-state index is 0.0351. The van der Waals surface area contributed by atoms with Crippen LogP contribution in [0.2, 0.25) is 0 Å². The molecule has 3 N–H and O–H groups in total. The van der Waals surface area contributed by atoms with Crippen LogP contribution in [0.25, 0.3) is 0 Å². The second-order valence-electron chi connectivity index (χ2n) is 4.08. The van der Waals surface area contributed by atoms with Crippen molar-refractivity contribution in [2.24, 2.45) is 0 Å². The maximum Gasteiger partial charge on any atom is 0.336 e. The molecule has 1 atom stereocenters. The third kappa shape index (κ3) is 2.25. The fraction of sp³-hybridized carbons (Fsp3) is 0.417. The third-order valence-corrected chi connectivity index (χ3v) is 2.92. The van der Waals surface area contributed by atoms with E-state index in [2.05, 4.69) is 5.32 Å². The van der Waals surface area contributed by atoms with Crippen molar-refractivity contribution >= 4 is 5.97 Å². The Balaban J connectivity index is 2.48. The minimum Gasteiger partial charge on any atom is -0.507 e. The van der Waals surface area contributed by atoms with Gasteiger partial charge >= 0.3 is 5.97 Å². The lowest BCUT2D eigenvalue weighted by atomic mass is 9.96. The molecule has 0 bridgehead atoms. The summed E-state index contributed by atoms with van der Waals surface area (Å²) in [5.41, 5.74) is 1.20. The van der Waals surface area contributed by atoms with Gasteiger partial charge in [0.25, 0.3) is 0 Å². The van der Waals surface area contributed by atoms with Gasteiger partial charge in [-0.1, -0.05) is 6.07 Å². The molecule has 2 rings (SSSR count). The van der Waals surface area contributed by atoms with Crippen molar-refractivity contribution in [3.63, 3.8) is 0 Å². The molecule has 0 unspecified atom stereocenters. The number of aryl methyl sites for hydroxylation is 1. The van der Waals surface area contributed by atoms with Crippen LogP contribution in [0.3, 0.4) is 0 Å². The van der Waals surface area contributed by atoms with Gasteiger partial charge in [0.2, 0.25) is 0 Å². The van der Waals surface area contributed by atoms with Crippen LogP contribution in [0.15, 0.2) is 12.1 Å². The number of phenols is 1. The second kappa shape index (κ2) is 4.73. The van der Waals surface area contributed by atoms with Crippen molar-refractivity contribution in [3.05, 3.63) is 28.8 Å². The molecule has 1 aliphatic rings. The number of hydrogen-bond acceptors (Lipinski definition) is 4. The summed E-state index contributed by atoms with van der Waals surface area (Å²) >= 11 is 0. The van der Waals surface area contributed by atoms with Gasteiger partial charge in [-0.15, -0.1) is 0 Å². The second-order valence-corrected chi connectivity index (χ2v) is 4.08. The van der Waals surface area contributed by atoms with E-state index in [1.54, 1.807) is 13.0 Å². The Labute approximate surface area is 99.0 Å². The van der Waals surface area contributed by atoms with E-state index in [1.165, 1.54) is 6.07 Å². The van der Waals surface area contributed by atoms with Crippen molar-refractivity contribution < 1.29 is 19.7 Å². The maximum atomic E-state index is 11.1. The summed E-state index contributed by atoms with van der Waals surface area (Å²) in [6, 6.07) is 2.85. The molecule has 1 aromatic rings. The largest absolute Gasteiger partial charge is 0.507 e. The number of carboxylic acid groups (broad SMARTS) is 1. The van der Waals surface area contributed by atoms with E-state index in [1.807, 2.05) is 0 Å². The van der Waals surface area contributed by atoms with Crippen LogP contribution >= 0.6 is 0 Å². The first-order valence-electron chi connectivity index (χ1n) is 5.48. The molecule has 0 radical (unpaired) electrons. The number of aromatic hydroxyl groups is 1. The van der Waals surface area contributed by atoms with Crippen LogP contribution in [0.1, 0.15) is 27.5 Å². The summed E-state index contributed by atoms with van der Waals surface area (Å²) in [5.74, 6) is -1.00. The van der Waals surface area contributed by atoms with Gasteiger partial charge in [0.1, 0.15) is 5.75 Å². The smallest absolute Gasteiger partial charge is 0.336 e. The van der Waals surface area contributed by atoms with Crippen LogP contribution in [-0.2, 0) is 4.74 Å². The van der Waals surface area contributed by atoms with E-state index in [0.29, 0.717) is 30.9 Å². The van der Waals surface area contributed by atoms with Crippen LogP contribution in [0, 0.1) is 6.92 Å². The molecular formula is C12H15NO4. The molecule has 1 aliphatic heterocycles. The molecule has 17 heavy (non-hydrogen) atoms. The summed E-state index contributed by atoms with van der Waals surface area (Å²) in [5, 5.41) is 22.3. The summed E-state index contributed by atoms with van der Waals surface area (Å²) in [6.07, 6.45) is 0. The average Bonchev–Trinajstić information content (AvgIpc) is 2.33. The van der Waals surface area contributed by atoms with Crippen LogP contribution < -0.4 is 5.32 Å². The molecule has 1 fully saturated rings. The van der Waals surface area contributed by atoms with Crippen LogP contribution in [0.5, 0.6) is 5.75 Å². The van der Waals surface area contributed by atoms with Crippen LogP contribution in [0.4, 0.5) is 0 Å². The Morgan fingerprint density at radius 2 is 2.29 bits per heavy atom. The van der Waals surface area contributed by atoms with E-state index in [4.69, 9.17) is 9.84 Å². The predicted octanol–water partition coefficient (Wildman–Crippen LogP) is 1.06. The van der Waals surface area contributed by atoms with E-state index in [-0.39, 0.29) is 17.4 Å². The Hall–Kier alpha value is -1.59. The number of ether oxygens (including phenoxy) is 1. The van der Waals surface area contributed by atoms with E-state index >= 15 is 0 Å². The summed E-state index contributed by atoms with van der Waals surface area (Å²) in [4.78, 5) is 11.1. The van der Waals surface area contributed by atoms with Gasteiger partial charge in [-0.25, -0.2) is 4.79 Å². The number of carboxylic acids is 1. The number of nitrogens with one attached hydrogen (secondary N) is 1. The fourth-order valence-electron chi connectivity index (χ4n) is 2.01. The predicted molar refractivity (Wildman–Crippen MR) is 61.4 cm³/mol. The molecule has 0 aliphatic carbocycles. The van der Waals surface area contributed by atoms with Gasteiger partial charge in [-0.2, -0.15) is 0 Å². The van der Waals surface area contributed by atoms with Gasteiger partial charge in [0.05, 0.1) is 24.8 Å². The maximum absolute atomic E-state index is 11.1. The van der Waals surface area contributed by atoms with Gasteiger partial charge in [-0.3, -0.25) is 0 Å². The molecule has 1 saturated heterocycles. The zero-order valence-corrected chi connectivity index (χ0v) is 9.56. The highest BCUT2D eigenvalue weighted by Gasteiger charge is 2.25. The molecular weight excluding hydrogens is 222 g/mol. The molecule has 0 aromatic heterocycles. The normalized spacial score (nSPS) is 20.2. The Morgan fingerprint density at radius 3 is 2.88 bits per heavy atom. The highest BCUT2D eigenvalue weighted by Crippen LogP contribution is 2.32. The third-order valence-electron chi connectivity index (χ3n) is 2.92. The van der Waals surface area contributed by atoms with Crippen molar-refractivity contribution in [1.29, 1.82) is 0 Å². The van der Waals surface area contributed by atoms with Gasteiger partial charge in [0, 0.05) is 12.1 Å². The topological polar surface area (TPSA) is 78.8 Å². The Kier molecular flexibility index (Phi) is 3.31. The Bertz CT molecular complexity index is 438. The molecule has 0 saturated carbocycles. The number of aromatic carboxylic acids is 1. The van der Waals surface area contributed by atoms with Crippen molar-refractivity contribution in [3.8, 4) is 5.75 Å². The molecule has 5 nitrogen and oxygen atoms in total. The fourth-order valence-corrected chi connectivity index (χ4v) is 2.01. The highest BCUT2D eigenvalue weighted by molar-refractivity contribution is 5.90. The zero-order chi connectivity index (χ0) is 12.4. The van der Waals surface area contributed by atoms with Crippen molar-refractivity contribution in [2.45, 2.75) is 13.0 Å². The van der Waals surface area contributed by atoms with E-state index in [0.717, 1.165) is 0 Å². The lowest BCUT2D eigenvalue weighted by molar-refractivity contribution is 0.0669. The highest BCUT2D eigenvalue weighted by atomic mass is 16.5. The lowest BCUT2D eigenvalue weighted by Gasteiger charge is -2.26. The number of carbonyl (C=O) groups is 1. The number of morpholine rings is 1. The quantitative estimate of drug-likeness (QED) is 0.716. The number of phenolic OH excluding ortho intramolecular Hbond substituents is 1. The van der Waals surface area contributed by atoms with Crippen molar-refractivity contribution in [1.82, 2.24) is 5.32 Å². The van der Waals surface area contributed by atoms with E-state index < -0.39 is 5.97 Å². The first kappa shape index (κ1) is 11.9. The minimum atomic E-state index is -1.04. The van der Waals surface area contributed by atoms with Gasteiger partial charge < -0.3 is 20.3 Å². The standard InChI is InChI=1S/C12H15NO4/c1-7-2-3-8(12(15)16)10(11(7)14)9-6-17-5-4-13-9/h2-3,9,13-14H,4-6H2,1H3,(H,15,16)/t9-/m1/s1. The summed E-state index contributed by atoms with van der Waals surface area (Å²) in [7, 11) is 0. The first-order chi connectivity index (χ1) is 8.11. The van der Waals surface area contributed by atoms with Crippen LogP contribution in [-0.4, -0.2) is 35.9 Å². The monoisotopic (exact) mass is 237 g/mol. The van der Waals surface area contributed by atoms with E-state index in [9.17, 15) is 9.90 Å². The van der Waals surface area contributed by atoms with Gasteiger partial charge in [0.15, 0.2) is 0 Å². The van der Waals surface area contributed by atoms with Gasteiger partial charge in [-0.05, 0) is 18.6 Å². The summed E-state index contributed by atoms with van der Waals surface area (Å²) < 4.78 is 5.30. The zero-order valence-electron chi connectivity index (χ0n) is 9.56. The molecule has 1 aromatic carbocycles. The average molecular weight is 237 g/mol. The molecule has 0 spiro atoms. The molecule has 92 valence electrons. The molecule has 1 heterocycles. The number of rotatable bonds is 2. The summed E-state index contributed by atoms with van der Waals surface area (Å²) in [6.45, 7) is 3.37. The Morgan fingerprint density at radius 1 is 1.53 bits per heavy atom. The molecule has 0 amide bonds. The van der Waals surface area contributed by atoms with Crippen molar-refractivity contribution in [2.75, 3.05) is 19.8 Å². The molecule has 5 heteroatoms.